The van der Waals surface area contributed by atoms with E-state index in [1.54, 1.807) is 4.90 Å². The number of rotatable bonds is 3. The van der Waals surface area contributed by atoms with E-state index in [2.05, 4.69) is 12.1 Å². The summed E-state index contributed by atoms with van der Waals surface area (Å²) < 4.78 is 15.9. The van der Waals surface area contributed by atoms with Gasteiger partial charge in [-0.25, -0.2) is 0 Å². The molecule has 1 spiro atoms. The van der Waals surface area contributed by atoms with Crippen LogP contribution in [0.3, 0.4) is 0 Å². The van der Waals surface area contributed by atoms with Gasteiger partial charge in [0.05, 0.1) is 31.9 Å². The van der Waals surface area contributed by atoms with E-state index in [0.29, 0.717) is 24.9 Å². The molecule has 2 unspecified atom stereocenters. The van der Waals surface area contributed by atoms with E-state index in [4.69, 9.17) is 14.0 Å². The predicted molar refractivity (Wildman–Crippen MR) is 70.7 cm³/mol. The Morgan fingerprint density at radius 2 is 2.50 bits per heavy atom. The molecule has 6 nitrogen and oxygen atoms in total. The topological polar surface area (TPSA) is 64.8 Å². The average Bonchev–Trinajstić information content (AvgIpc) is 3.19. The number of hydrogen-bond acceptors (Lipinski definition) is 5. The Morgan fingerprint density at radius 3 is 3.15 bits per heavy atom. The van der Waals surface area contributed by atoms with Gasteiger partial charge in [0.1, 0.15) is 0 Å². The Bertz CT molecular complexity index is 501. The van der Waals surface area contributed by atoms with Crippen LogP contribution in [0.15, 0.2) is 10.6 Å². The third-order valence-electron chi connectivity index (χ3n) is 4.38. The highest BCUT2D eigenvalue weighted by atomic mass is 16.5. The highest BCUT2D eigenvalue weighted by Gasteiger charge is 2.46. The molecule has 1 amide bonds. The second-order valence-electron chi connectivity index (χ2n) is 5.68. The smallest absolute Gasteiger partial charge is 0.292 e. The Labute approximate surface area is 118 Å². The van der Waals surface area contributed by atoms with Crippen LogP contribution in [0.2, 0.25) is 0 Å². The molecule has 0 aliphatic carbocycles. The molecule has 2 fully saturated rings. The Hall–Kier alpha value is -1.56. The largest absolute Gasteiger partial charge is 0.479 e. The molecule has 2 saturated heterocycles. The highest BCUT2D eigenvalue weighted by Crippen LogP contribution is 2.39. The van der Waals surface area contributed by atoms with E-state index < -0.39 is 0 Å². The number of amides is 1. The SMILES string of the molecule is CCC1COC2(CCN(C(=O)c3cc(OC)no3)C2)C1. The minimum Gasteiger partial charge on any atom is -0.479 e. The lowest BCUT2D eigenvalue weighted by atomic mass is 9.92. The first-order chi connectivity index (χ1) is 9.65. The minimum atomic E-state index is -0.138. The molecule has 1 aromatic rings. The molecular formula is C14H20N2O4. The van der Waals surface area contributed by atoms with E-state index in [1.165, 1.54) is 13.2 Å². The summed E-state index contributed by atoms with van der Waals surface area (Å²) in [6.07, 6.45) is 3.09. The summed E-state index contributed by atoms with van der Waals surface area (Å²) in [6, 6.07) is 1.53. The van der Waals surface area contributed by atoms with Gasteiger partial charge in [0.25, 0.3) is 11.8 Å². The average molecular weight is 280 g/mol. The monoisotopic (exact) mass is 280 g/mol. The van der Waals surface area contributed by atoms with Gasteiger partial charge in [0.15, 0.2) is 0 Å². The maximum Gasteiger partial charge on any atom is 0.292 e. The van der Waals surface area contributed by atoms with Crippen molar-refractivity contribution in [3.05, 3.63) is 11.8 Å². The van der Waals surface area contributed by atoms with Crippen molar-refractivity contribution < 1.29 is 18.8 Å². The van der Waals surface area contributed by atoms with E-state index in [1.807, 2.05) is 0 Å². The first-order valence-electron chi connectivity index (χ1n) is 7.10. The maximum atomic E-state index is 12.3. The van der Waals surface area contributed by atoms with Crippen molar-refractivity contribution in [2.75, 3.05) is 26.8 Å². The summed E-state index contributed by atoms with van der Waals surface area (Å²) in [5.74, 6) is 1.03. The van der Waals surface area contributed by atoms with Crippen LogP contribution in [-0.2, 0) is 4.74 Å². The van der Waals surface area contributed by atoms with Crippen molar-refractivity contribution in [1.29, 1.82) is 0 Å². The van der Waals surface area contributed by atoms with Crippen molar-refractivity contribution in [3.63, 3.8) is 0 Å². The van der Waals surface area contributed by atoms with Crippen molar-refractivity contribution in [2.24, 2.45) is 5.92 Å². The molecule has 1 aromatic heterocycles. The normalized spacial score (nSPS) is 29.3. The van der Waals surface area contributed by atoms with Crippen LogP contribution in [0.5, 0.6) is 5.88 Å². The molecular weight excluding hydrogens is 260 g/mol. The molecule has 6 heteroatoms. The first kappa shape index (κ1) is 13.4. The number of carbonyl (C=O) groups excluding carboxylic acids is 1. The standard InChI is InChI=1S/C14H20N2O4/c1-3-10-7-14(19-8-10)4-5-16(9-14)13(17)11-6-12(18-2)15-20-11/h6,10H,3-5,7-9H2,1-2H3. The molecule has 20 heavy (non-hydrogen) atoms. The van der Waals surface area contributed by atoms with E-state index in [9.17, 15) is 4.79 Å². The van der Waals surface area contributed by atoms with Gasteiger partial charge < -0.3 is 18.9 Å². The zero-order valence-electron chi connectivity index (χ0n) is 11.9. The van der Waals surface area contributed by atoms with Crippen LogP contribution in [0, 0.1) is 5.92 Å². The summed E-state index contributed by atoms with van der Waals surface area (Å²) in [7, 11) is 1.49. The minimum absolute atomic E-state index is 0.138. The lowest BCUT2D eigenvalue weighted by Crippen LogP contribution is -2.35. The molecule has 3 rings (SSSR count). The van der Waals surface area contributed by atoms with Crippen LogP contribution in [0.4, 0.5) is 0 Å². The van der Waals surface area contributed by atoms with Crippen molar-refractivity contribution in [2.45, 2.75) is 31.8 Å². The quantitative estimate of drug-likeness (QED) is 0.843. The number of aromatic nitrogens is 1. The molecule has 0 aromatic carbocycles. The van der Waals surface area contributed by atoms with Gasteiger partial charge in [-0.1, -0.05) is 13.3 Å². The summed E-state index contributed by atoms with van der Waals surface area (Å²) >= 11 is 0. The third-order valence-corrected chi connectivity index (χ3v) is 4.38. The van der Waals surface area contributed by atoms with E-state index in [0.717, 1.165) is 25.9 Å². The predicted octanol–water partition coefficient (Wildman–Crippen LogP) is 1.71. The molecule has 2 aliphatic heterocycles. The lowest BCUT2D eigenvalue weighted by Gasteiger charge is -2.22. The van der Waals surface area contributed by atoms with Gasteiger partial charge >= 0.3 is 0 Å². The van der Waals surface area contributed by atoms with Gasteiger partial charge in [-0.15, -0.1) is 0 Å². The molecule has 0 N–H and O–H groups in total. The number of ether oxygens (including phenoxy) is 2. The van der Waals surface area contributed by atoms with E-state index in [-0.39, 0.29) is 17.3 Å². The highest BCUT2D eigenvalue weighted by molar-refractivity contribution is 5.91. The molecule has 0 bridgehead atoms. The van der Waals surface area contributed by atoms with Crippen LogP contribution >= 0.6 is 0 Å². The molecule has 3 heterocycles. The molecule has 0 saturated carbocycles. The van der Waals surface area contributed by atoms with Gasteiger partial charge in [-0.05, 0) is 23.9 Å². The Kier molecular flexibility index (Phi) is 3.41. The number of carbonyl (C=O) groups is 1. The van der Waals surface area contributed by atoms with Gasteiger partial charge in [-0.3, -0.25) is 4.79 Å². The summed E-state index contributed by atoms with van der Waals surface area (Å²) in [5, 5.41) is 3.67. The summed E-state index contributed by atoms with van der Waals surface area (Å²) in [6.45, 7) is 4.35. The number of methoxy groups -OCH3 is 1. The number of likely N-dealkylation sites (tertiary alicyclic amines) is 1. The van der Waals surface area contributed by atoms with Crippen LogP contribution in [0.1, 0.15) is 36.7 Å². The maximum absolute atomic E-state index is 12.3. The summed E-state index contributed by atoms with van der Waals surface area (Å²) in [5.41, 5.74) is -0.138. The fraction of sp³-hybridized carbons (Fsp3) is 0.714. The zero-order chi connectivity index (χ0) is 14.2. The second kappa shape index (κ2) is 5.09. The number of nitrogens with zero attached hydrogens (tertiary/aromatic N) is 2. The van der Waals surface area contributed by atoms with Crippen molar-refractivity contribution >= 4 is 5.91 Å². The van der Waals surface area contributed by atoms with Crippen molar-refractivity contribution in [1.82, 2.24) is 10.1 Å². The van der Waals surface area contributed by atoms with Gasteiger partial charge in [-0.2, -0.15) is 0 Å². The summed E-state index contributed by atoms with van der Waals surface area (Å²) in [4.78, 5) is 14.1. The molecule has 2 aliphatic rings. The Balaban J connectivity index is 1.66. The second-order valence-corrected chi connectivity index (χ2v) is 5.68. The first-order valence-corrected chi connectivity index (χ1v) is 7.10. The molecule has 0 radical (unpaired) electrons. The van der Waals surface area contributed by atoms with Gasteiger partial charge in [0, 0.05) is 6.54 Å². The van der Waals surface area contributed by atoms with Gasteiger partial charge in [0.2, 0.25) is 5.76 Å². The van der Waals surface area contributed by atoms with Crippen LogP contribution in [-0.4, -0.2) is 48.4 Å². The molecule has 110 valence electrons. The lowest BCUT2D eigenvalue weighted by molar-refractivity contribution is 0.0112. The fourth-order valence-corrected chi connectivity index (χ4v) is 3.12. The van der Waals surface area contributed by atoms with Crippen LogP contribution < -0.4 is 4.74 Å². The van der Waals surface area contributed by atoms with Crippen molar-refractivity contribution in [3.8, 4) is 5.88 Å². The third kappa shape index (κ3) is 2.28. The van der Waals surface area contributed by atoms with E-state index >= 15 is 0 Å². The zero-order valence-corrected chi connectivity index (χ0v) is 11.9. The van der Waals surface area contributed by atoms with Crippen LogP contribution in [0.25, 0.3) is 0 Å². The fourth-order valence-electron chi connectivity index (χ4n) is 3.12. The number of hydrogen-bond donors (Lipinski definition) is 0. The molecule has 2 atom stereocenters. The Morgan fingerprint density at radius 1 is 1.65 bits per heavy atom.